The lowest BCUT2D eigenvalue weighted by Gasteiger charge is -2.03. The van der Waals surface area contributed by atoms with Crippen molar-refractivity contribution in [2.24, 2.45) is 0 Å². The maximum atomic E-state index is 5.29. The molecule has 1 N–H and O–H groups in total. The molecule has 14 heavy (non-hydrogen) atoms. The molecule has 0 saturated carbocycles. The zero-order chi connectivity index (χ0) is 9.80. The van der Waals surface area contributed by atoms with E-state index >= 15 is 0 Å². The monoisotopic (exact) mass is 305 g/mol. The molecular weight excluding hydrogens is 293 g/mol. The molecule has 4 heteroatoms. The first-order valence-corrected chi connectivity index (χ1v) is 6.08. The standard InChI is InChI=1S/C10H12INO2/c11-3-4-12-6-8-1-2-9-10(5-8)14-7-13-9/h1-2,5,12H,3-4,6-7H2. The summed E-state index contributed by atoms with van der Waals surface area (Å²) in [4.78, 5) is 0. The van der Waals surface area contributed by atoms with Gasteiger partial charge in [-0.25, -0.2) is 0 Å². The zero-order valence-electron chi connectivity index (χ0n) is 7.75. The van der Waals surface area contributed by atoms with Gasteiger partial charge >= 0.3 is 0 Å². The van der Waals surface area contributed by atoms with Crippen LogP contribution in [0.3, 0.4) is 0 Å². The summed E-state index contributed by atoms with van der Waals surface area (Å²) in [5, 5.41) is 3.34. The van der Waals surface area contributed by atoms with Crippen LogP contribution in [0.5, 0.6) is 11.5 Å². The minimum absolute atomic E-state index is 0.347. The number of alkyl halides is 1. The molecule has 1 heterocycles. The Labute approximate surface area is 96.9 Å². The van der Waals surface area contributed by atoms with Gasteiger partial charge in [0.2, 0.25) is 6.79 Å². The summed E-state index contributed by atoms with van der Waals surface area (Å²) in [5.41, 5.74) is 1.24. The Balaban J connectivity index is 1.98. The van der Waals surface area contributed by atoms with Gasteiger partial charge in [0.15, 0.2) is 11.5 Å². The quantitative estimate of drug-likeness (QED) is 0.524. The normalized spacial score (nSPS) is 13.2. The molecule has 0 spiro atoms. The molecule has 0 amide bonds. The van der Waals surface area contributed by atoms with E-state index < -0.39 is 0 Å². The van der Waals surface area contributed by atoms with E-state index in [1.54, 1.807) is 0 Å². The second-order valence-corrected chi connectivity index (χ2v) is 4.13. The maximum absolute atomic E-state index is 5.29. The van der Waals surface area contributed by atoms with Gasteiger partial charge in [-0.2, -0.15) is 0 Å². The van der Waals surface area contributed by atoms with Gasteiger partial charge in [-0.3, -0.25) is 0 Å². The number of ether oxygens (including phenoxy) is 2. The number of rotatable bonds is 4. The van der Waals surface area contributed by atoms with E-state index in [0.29, 0.717) is 6.79 Å². The molecule has 1 aliphatic rings. The number of hydrogen-bond donors (Lipinski definition) is 1. The second kappa shape index (κ2) is 4.84. The van der Waals surface area contributed by atoms with Crippen LogP contribution in [-0.4, -0.2) is 17.8 Å². The lowest BCUT2D eigenvalue weighted by molar-refractivity contribution is 0.174. The molecule has 3 nitrogen and oxygen atoms in total. The molecule has 0 aliphatic carbocycles. The van der Waals surface area contributed by atoms with Crippen molar-refractivity contribution in [2.45, 2.75) is 6.54 Å². The second-order valence-electron chi connectivity index (χ2n) is 3.05. The zero-order valence-corrected chi connectivity index (χ0v) is 9.91. The maximum Gasteiger partial charge on any atom is 0.231 e. The minimum Gasteiger partial charge on any atom is -0.454 e. The molecule has 0 saturated heterocycles. The summed E-state index contributed by atoms with van der Waals surface area (Å²) >= 11 is 2.35. The Kier molecular flexibility index (Phi) is 3.47. The summed E-state index contributed by atoms with van der Waals surface area (Å²) in [7, 11) is 0. The van der Waals surface area contributed by atoms with Crippen LogP contribution in [0.15, 0.2) is 18.2 Å². The molecule has 0 fully saturated rings. The fourth-order valence-electron chi connectivity index (χ4n) is 1.35. The lowest BCUT2D eigenvalue weighted by Crippen LogP contribution is -2.15. The van der Waals surface area contributed by atoms with Crippen LogP contribution in [0.2, 0.25) is 0 Å². The first kappa shape index (κ1) is 10.0. The molecule has 0 unspecified atom stereocenters. The third kappa shape index (κ3) is 2.30. The van der Waals surface area contributed by atoms with E-state index in [9.17, 15) is 0 Å². The number of hydrogen-bond acceptors (Lipinski definition) is 3. The van der Waals surface area contributed by atoms with Gasteiger partial charge in [0.1, 0.15) is 0 Å². The predicted octanol–water partition coefficient (Wildman–Crippen LogP) is 1.94. The fourth-order valence-corrected chi connectivity index (χ4v) is 1.73. The van der Waals surface area contributed by atoms with Crippen molar-refractivity contribution >= 4 is 22.6 Å². The van der Waals surface area contributed by atoms with Crippen molar-refractivity contribution in [2.75, 3.05) is 17.8 Å². The topological polar surface area (TPSA) is 30.5 Å². The molecule has 0 atom stereocenters. The van der Waals surface area contributed by atoms with E-state index in [1.165, 1.54) is 5.56 Å². The molecule has 1 aliphatic heterocycles. The first-order valence-electron chi connectivity index (χ1n) is 4.55. The van der Waals surface area contributed by atoms with E-state index in [1.807, 2.05) is 12.1 Å². The molecule has 2 rings (SSSR count). The molecule has 1 aromatic carbocycles. The lowest BCUT2D eigenvalue weighted by atomic mass is 10.2. The number of fused-ring (bicyclic) bond motifs is 1. The van der Waals surface area contributed by atoms with Crippen molar-refractivity contribution in [3.8, 4) is 11.5 Å². The van der Waals surface area contributed by atoms with Gasteiger partial charge in [-0.05, 0) is 17.7 Å². The van der Waals surface area contributed by atoms with Crippen LogP contribution < -0.4 is 14.8 Å². The predicted molar refractivity (Wildman–Crippen MR) is 63.2 cm³/mol. The Morgan fingerprint density at radius 1 is 1.29 bits per heavy atom. The number of nitrogens with one attached hydrogen (secondary N) is 1. The van der Waals surface area contributed by atoms with Crippen LogP contribution >= 0.6 is 22.6 Å². The van der Waals surface area contributed by atoms with E-state index in [2.05, 4.69) is 34.0 Å². The van der Waals surface area contributed by atoms with Crippen molar-refractivity contribution in [1.29, 1.82) is 0 Å². The van der Waals surface area contributed by atoms with Crippen molar-refractivity contribution < 1.29 is 9.47 Å². The highest BCUT2D eigenvalue weighted by Gasteiger charge is 2.12. The highest BCUT2D eigenvalue weighted by Crippen LogP contribution is 2.32. The first-order chi connectivity index (χ1) is 6.90. The van der Waals surface area contributed by atoms with Crippen LogP contribution in [-0.2, 0) is 6.54 Å². The van der Waals surface area contributed by atoms with Gasteiger partial charge in [-0.1, -0.05) is 28.7 Å². The SMILES string of the molecule is ICCNCc1ccc2c(c1)OCO2. The van der Waals surface area contributed by atoms with Gasteiger partial charge in [-0.15, -0.1) is 0 Å². The summed E-state index contributed by atoms with van der Waals surface area (Å²) in [6.07, 6.45) is 0. The Bertz CT molecular complexity index is 317. The van der Waals surface area contributed by atoms with Crippen molar-refractivity contribution in [1.82, 2.24) is 5.32 Å². The molecule has 76 valence electrons. The van der Waals surface area contributed by atoms with E-state index in [-0.39, 0.29) is 0 Å². The van der Waals surface area contributed by atoms with Crippen LogP contribution in [0, 0.1) is 0 Å². The van der Waals surface area contributed by atoms with Gasteiger partial charge < -0.3 is 14.8 Å². The molecular formula is C10H12INO2. The summed E-state index contributed by atoms with van der Waals surface area (Å²) in [6, 6.07) is 6.06. The highest BCUT2D eigenvalue weighted by molar-refractivity contribution is 14.1. The van der Waals surface area contributed by atoms with E-state index in [0.717, 1.165) is 29.0 Å². The Morgan fingerprint density at radius 2 is 2.14 bits per heavy atom. The number of benzene rings is 1. The Hall–Kier alpha value is -0.490. The molecule has 0 bridgehead atoms. The highest BCUT2D eigenvalue weighted by atomic mass is 127. The summed E-state index contributed by atoms with van der Waals surface area (Å²) < 4.78 is 11.7. The average Bonchev–Trinajstić information content (AvgIpc) is 2.65. The van der Waals surface area contributed by atoms with E-state index in [4.69, 9.17) is 9.47 Å². The van der Waals surface area contributed by atoms with Crippen LogP contribution in [0.25, 0.3) is 0 Å². The van der Waals surface area contributed by atoms with Crippen LogP contribution in [0.1, 0.15) is 5.56 Å². The van der Waals surface area contributed by atoms with Crippen LogP contribution in [0.4, 0.5) is 0 Å². The third-order valence-corrected chi connectivity index (χ3v) is 2.58. The smallest absolute Gasteiger partial charge is 0.231 e. The minimum atomic E-state index is 0.347. The van der Waals surface area contributed by atoms with Crippen molar-refractivity contribution in [3.05, 3.63) is 23.8 Å². The van der Waals surface area contributed by atoms with Crippen molar-refractivity contribution in [3.63, 3.8) is 0 Å². The van der Waals surface area contributed by atoms with Gasteiger partial charge in [0.25, 0.3) is 0 Å². The van der Waals surface area contributed by atoms with Gasteiger partial charge in [0.05, 0.1) is 0 Å². The largest absolute Gasteiger partial charge is 0.454 e. The summed E-state index contributed by atoms with van der Waals surface area (Å²) in [6.45, 7) is 2.27. The third-order valence-electron chi connectivity index (χ3n) is 2.04. The average molecular weight is 305 g/mol. The molecule has 0 radical (unpaired) electrons. The number of halogens is 1. The summed E-state index contributed by atoms with van der Waals surface area (Å²) in [5.74, 6) is 1.71. The Morgan fingerprint density at radius 3 is 3.00 bits per heavy atom. The fraction of sp³-hybridized carbons (Fsp3) is 0.400. The van der Waals surface area contributed by atoms with Gasteiger partial charge in [0, 0.05) is 17.5 Å². The molecule has 0 aromatic heterocycles. The molecule has 1 aromatic rings.